The number of rotatable bonds is 1. The number of anilines is 1. The van der Waals surface area contributed by atoms with Crippen molar-refractivity contribution in [3.05, 3.63) is 28.8 Å². The van der Waals surface area contributed by atoms with Crippen LogP contribution in [0.5, 0.6) is 0 Å². The second kappa shape index (κ2) is 4.04. The summed E-state index contributed by atoms with van der Waals surface area (Å²) in [6.07, 6.45) is 0. The molecule has 5 heteroatoms. The molecule has 1 aliphatic heterocycles. The van der Waals surface area contributed by atoms with Gasteiger partial charge in [-0.1, -0.05) is 29.4 Å². The van der Waals surface area contributed by atoms with E-state index in [-0.39, 0.29) is 5.91 Å². The molecule has 1 unspecified atom stereocenters. The Labute approximate surface area is 97.0 Å². The van der Waals surface area contributed by atoms with Crippen LogP contribution in [0.4, 0.5) is 5.69 Å². The zero-order valence-electron chi connectivity index (χ0n) is 8.11. The van der Waals surface area contributed by atoms with Gasteiger partial charge in [0.05, 0.1) is 5.75 Å². The molecule has 1 aromatic rings. The minimum Gasteiger partial charge on any atom is -0.364 e. The van der Waals surface area contributed by atoms with E-state index in [1.165, 1.54) is 16.7 Å². The lowest BCUT2D eigenvalue weighted by Gasteiger charge is -2.19. The van der Waals surface area contributed by atoms with Gasteiger partial charge in [-0.2, -0.15) is 0 Å². The first-order chi connectivity index (χ1) is 7.09. The molecule has 15 heavy (non-hydrogen) atoms. The lowest BCUT2D eigenvalue weighted by Crippen LogP contribution is -2.32. The number of aliphatic hydroxyl groups excluding tert-OH is 1. The number of carbonyl (C=O) groups excluding carboxylic acids is 1. The molecule has 0 saturated carbocycles. The summed E-state index contributed by atoms with van der Waals surface area (Å²) in [7, 11) is 0. The number of nitrogens with zero attached hydrogens (tertiary/aromatic N) is 1. The molecule has 1 aliphatic rings. The van der Waals surface area contributed by atoms with Gasteiger partial charge in [-0.15, -0.1) is 0 Å². The lowest BCUT2D eigenvalue weighted by atomic mass is 10.2. The molecule has 80 valence electrons. The predicted molar refractivity (Wildman–Crippen MR) is 62.1 cm³/mol. The minimum absolute atomic E-state index is 0.0904. The quantitative estimate of drug-likeness (QED) is 0.820. The third-order valence-electron chi connectivity index (χ3n) is 2.28. The number of aryl methyl sites for hydroxylation is 1. The first kappa shape index (κ1) is 10.8. The van der Waals surface area contributed by atoms with Crippen LogP contribution in [0.3, 0.4) is 0 Å². The maximum atomic E-state index is 11.5. The van der Waals surface area contributed by atoms with Crippen molar-refractivity contribution < 1.29 is 9.90 Å². The van der Waals surface area contributed by atoms with Crippen molar-refractivity contribution in [3.63, 3.8) is 0 Å². The smallest absolute Gasteiger partial charge is 0.239 e. The highest BCUT2D eigenvalue weighted by Gasteiger charge is 2.31. The number of halogens is 1. The van der Waals surface area contributed by atoms with Crippen LogP contribution in [-0.4, -0.2) is 22.3 Å². The fraction of sp³-hybridized carbons (Fsp3) is 0.300. The third kappa shape index (κ3) is 1.97. The molecule has 0 spiro atoms. The van der Waals surface area contributed by atoms with Crippen LogP contribution in [-0.2, 0) is 4.79 Å². The highest BCUT2D eigenvalue weighted by molar-refractivity contribution is 8.01. The standard InChI is InChI=1S/C10H10ClNO2S/c1-6-2-3-7(4-8(6)11)12-9(13)5-15-10(12)14/h2-4,10,14H,5H2,1H3. The van der Waals surface area contributed by atoms with E-state index in [0.29, 0.717) is 16.5 Å². The zero-order valence-corrected chi connectivity index (χ0v) is 9.68. The number of aliphatic hydroxyl groups is 1. The van der Waals surface area contributed by atoms with Gasteiger partial charge in [0.25, 0.3) is 0 Å². The Kier molecular flexibility index (Phi) is 2.91. The van der Waals surface area contributed by atoms with Gasteiger partial charge in [0, 0.05) is 10.7 Å². The normalized spacial score (nSPS) is 21.1. The molecule has 0 bridgehead atoms. The van der Waals surface area contributed by atoms with Gasteiger partial charge in [0.15, 0.2) is 5.56 Å². The Hall–Kier alpha value is -0.710. The summed E-state index contributed by atoms with van der Waals surface area (Å²) in [4.78, 5) is 12.8. The number of carbonyl (C=O) groups is 1. The maximum Gasteiger partial charge on any atom is 0.239 e. The highest BCUT2D eigenvalue weighted by atomic mass is 35.5. The topological polar surface area (TPSA) is 40.5 Å². The van der Waals surface area contributed by atoms with Crippen LogP contribution in [0.15, 0.2) is 18.2 Å². The van der Waals surface area contributed by atoms with Crippen molar-refractivity contribution in [2.24, 2.45) is 0 Å². The van der Waals surface area contributed by atoms with Crippen molar-refractivity contribution in [2.75, 3.05) is 10.7 Å². The largest absolute Gasteiger partial charge is 0.364 e. The molecule has 0 aliphatic carbocycles. The van der Waals surface area contributed by atoms with E-state index >= 15 is 0 Å². The van der Waals surface area contributed by atoms with Crippen LogP contribution in [0.2, 0.25) is 5.02 Å². The Morgan fingerprint density at radius 1 is 1.60 bits per heavy atom. The Bertz CT molecular complexity index is 410. The van der Waals surface area contributed by atoms with E-state index in [1.54, 1.807) is 12.1 Å². The highest BCUT2D eigenvalue weighted by Crippen LogP contribution is 2.31. The molecular formula is C10H10ClNO2S. The molecule has 1 heterocycles. The SMILES string of the molecule is Cc1ccc(N2C(=O)CSC2O)cc1Cl. The zero-order chi connectivity index (χ0) is 11.0. The predicted octanol–water partition coefficient (Wildman–Crippen LogP) is 2.00. The van der Waals surface area contributed by atoms with Crippen molar-refractivity contribution in [3.8, 4) is 0 Å². The molecule has 3 nitrogen and oxygen atoms in total. The summed E-state index contributed by atoms with van der Waals surface area (Å²) < 4.78 is 0. The van der Waals surface area contributed by atoms with E-state index in [4.69, 9.17) is 11.6 Å². The summed E-state index contributed by atoms with van der Waals surface area (Å²) in [6.45, 7) is 1.89. The fourth-order valence-electron chi connectivity index (χ4n) is 1.42. The molecule has 1 aromatic carbocycles. The molecule has 0 aromatic heterocycles. The summed E-state index contributed by atoms with van der Waals surface area (Å²) >= 11 is 7.17. The summed E-state index contributed by atoms with van der Waals surface area (Å²) in [5.41, 5.74) is 0.804. The summed E-state index contributed by atoms with van der Waals surface area (Å²) in [6, 6.07) is 5.32. The Balaban J connectivity index is 2.36. The van der Waals surface area contributed by atoms with Crippen molar-refractivity contribution in [1.29, 1.82) is 0 Å². The maximum absolute atomic E-state index is 11.5. The second-order valence-electron chi connectivity index (χ2n) is 3.33. The van der Waals surface area contributed by atoms with Gasteiger partial charge >= 0.3 is 0 Å². The third-order valence-corrected chi connectivity index (χ3v) is 3.61. The molecule has 0 radical (unpaired) electrons. The van der Waals surface area contributed by atoms with Gasteiger partial charge in [-0.3, -0.25) is 9.69 Å². The second-order valence-corrected chi connectivity index (χ2v) is 4.79. The van der Waals surface area contributed by atoms with Crippen LogP contribution < -0.4 is 4.90 Å². The number of thioether (sulfide) groups is 1. The van der Waals surface area contributed by atoms with E-state index in [1.807, 2.05) is 13.0 Å². The number of hydrogen-bond acceptors (Lipinski definition) is 3. The van der Waals surface area contributed by atoms with E-state index < -0.39 is 5.56 Å². The number of benzene rings is 1. The number of hydrogen-bond donors (Lipinski definition) is 1. The van der Waals surface area contributed by atoms with Crippen molar-refractivity contribution in [1.82, 2.24) is 0 Å². The van der Waals surface area contributed by atoms with Gasteiger partial charge in [-0.05, 0) is 24.6 Å². The first-order valence-corrected chi connectivity index (χ1v) is 5.90. The number of amides is 1. The molecule has 1 saturated heterocycles. The van der Waals surface area contributed by atoms with Gasteiger partial charge in [0.1, 0.15) is 0 Å². The Morgan fingerprint density at radius 3 is 2.87 bits per heavy atom. The van der Waals surface area contributed by atoms with Gasteiger partial charge in [-0.25, -0.2) is 0 Å². The molecule has 1 amide bonds. The molecule has 2 rings (SSSR count). The molecular weight excluding hydrogens is 234 g/mol. The van der Waals surface area contributed by atoms with Crippen LogP contribution in [0, 0.1) is 6.92 Å². The van der Waals surface area contributed by atoms with E-state index in [2.05, 4.69) is 0 Å². The van der Waals surface area contributed by atoms with Gasteiger partial charge in [0.2, 0.25) is 5.91 Å². The Morgan fingerprint density at radius 2 is 2.33 bits per heavy atom. The van der Waals surface area contributed by atoms with Crippen molar-refractivity contribution >= 4 is 35.0 Å². The fourth-order valence-corrected chi connectivity index (χ4v) is 2.41. The average Bonchev–Trinajstić information content (AvgIpc) is 2.52. The summed E-state index contributed by atoms with van der Waals surface area (Å²) in [5, 5.41) is 10.2. The van der Waals surface area contributed by atoms with E-state index in [0.717, 1.165) is 5.56 Å². The van der Waals surface area contributed by atoms with Gasteiger partial charge < -0.3 is 5.11 Å². The molecule has 1 fully saturated rings. The lowest BCUT2D eigenvalue weighted by molar-refractivity contribution is -0.116. The molecule has 1 N–H and O–H groups in total. The molecule has 1 atom stereocenters. The average molecular weight is 244 g/mol. The van der Waals surface area contributed by atoms with Crippen LogP contribution in [0.25, 0.3) is 0 Å². The monoisotopic (exact) mass is 243 g/mol. The van der Waals surface area contributed by atoms with Crippen LogP contribution >= 0.6 is 23.4 Å². The summed E-state index contributed by atoms with van der Waals surface area (Å²) in [5.74, 6) is 0.222. The van der Waals surface area contributed by atoms with Crippen LogP contribution in [0.1, 0.15) is 5.56 Å². The van der Waals surface area contributed by atoms with E-state index in [9.17, 15) is 9.90 Å². The first-order valence-electron chi connectivity index (χ1n) is 4.47. The minimum atomic E-state index is -0.795. The van der Waals surface area contributed by atoms with Crippen molar-refractivity contribution in [2.45, 2.75) is 12.5 Å².